The monoisotopic (exact) mass is 391 g/mol. The first-order valence-electron chi connectivity index (χ1n) is 7.28. The molecule has 3 aromatic rings. The van der Waals surface area contributed by atoms with Gasteiger partial charge < -0.3 is 19.9 Å². The summed E-state index contributed by atoms with van der Waals surface area (Å²) < 4.78 is 5.52. The number of aromatic carboxylic acids is 1. The number of furan rings is 1. The lowest BCUT2D eigenvalue weighted by molar-refractivity contribution is 0.0693. The van der Waals surface area contributed by atoms with Gasteiger partial charge >= 0.3 is 5.97 Å². The number of halogens is 2. The third-order valence-corrected chi connectivity index (χ3v) is 4.35. The van der Waals surface area contributed by atoms with Crippen LogP contribution in [0.3, 0.4) is 0 Å². The van der Waals surface area contributed by atoms with Crippen molar-refractivity contribution in [1.29, 1.82) is 0 Å². The maximum absolute atomic E-state index is 12.3. The van der Waals surface area contributed by atoms with Crippen LogP contribution in [0.4, 0.5) is 5.69 Å². The molecule has 1 aromatic heterocycles. The number of carboxylic acid groups (broad SMARTS) is 1. The number of carbonyl (C=O) groups excluding carboxylic acids is 1. The molecule has 0 radical (unpaired) electrons. The Labute approximate surface area is 157 Å². The highest BCUT2D eigenvalue weighted by atomic mass is 35.5. The zero-order valence-electron chi connectivity index (χ0n) is 13.0. The molecular formula is C18H11Cl2NO5. The van der Waals surface area contributed by atoms with Gasteiger partial charge in [-0.05, 0) is 42.5 Å². The first kappa shape index (κ1) is 17.8. The van der Waals surface area contributed by atoms with E-state index >= 15 is 0 Å². The zero-order chi connectivity index (χ0) is 18.8. The molecule has 0 spiro atoms. The first-order chi connectivity index (χ1) is 12.4. The minimum Gasteiger partial charge on any atom is -0.507 e. The van der Waals surface area contributed by atoms with Gasteiger partial charge in [-0.25, -0.2) is 4.79 Å². The summed E-state index contributed by atoms with van der Waals surface area (Å²) in [4.78, 5) is 23.3. The van der Waals surface area contributed by atoms with Gasteiger partial charge in [0.2, 0.25) is 0 Å². The van der Waals surface area contributed by atoms with Gasteiger partial charge in [0, 0.05) is 11.3 Å². The number of carboxylic acids is 1. The molecule has 8 heteroatoms. The maximum Gasteiger partial charge on any atom is 0.339 e. The Kier molecular flexibility index (Phi) is 4.88. The molecule has 0 fully saturated rings. The first-order valence-corrected chi connectivity index (χ1v) is 8.04. The van der Waals surface area contributed by atoms with Crippen molar-refractivity contribution in [2.45, 2.75) is 0 Å². The standard InChI is InChI=1S/C18H11Cl2NO5/c19-12-3-1-2-10(16(12)20)14-6-7-15(26-14)17(23)21-9-4-5-13(22)11(8-9)18(24)25/h1-8,22H,(H,21,23)(H,24,25). The van der Waals surface area contributed by atoms with Gasteiger partial charge in [0.1, 0.15) is 17.1 Å². The van der Waals surface area contributed by atoms with Crippen LogP contribution in [0.2, 0.25) is 10.0 Å². The normalized spacial score (nSPS) is 10.5. The van der Waals surface area contributed by atoms with Crippen LogP contribution in [0.15, 0.2) is 52.9 Å². The molecule has 3 N–H and O–H groups in total. The van der Waals surface area contributed by atoms with Gasteiger partial charge in [-0.3, -0.25) is 4.79 Å². The molecule has 0 aliphatic carbocycles. The van der Waals surface area contributed by atoms with Crippen molar-refractivity contribution in [2.75, 3.05) is 5.32 Å². The van der Waals surface area contributed by atoms with E-state index in [4.69, 9.17) is 32.7 Å². The molecule has 1 amide bonds. The molecule has 0 unspecified atom stereocenters. The van der Waals surface area contributed by atoms with Crippen LogP contribution >= 0.6 is 23.2 Å². The molecule has 0 atom stereocenters. The smallest absolute Gasteiger partial charge is 0.339 e. The molecule has 0 saturated carbocycles. The van der Waals surface area contributed by atoms with Crippen LogP contribution in [0.5, 0.6) is 5.75 Å². The van der Waals surface area contributed by atoms with E-state index in [9.17, 15) is 14.7 Å². The fraction of sp³-hybridized carbons (Fsp3) is 0. The quantitative estimate of drug-likeness (QED) is 0.548. The SMILES string of the molecule is O=C(Nc1ccc(O)c(C(=O)O)c1)c1ccc(-c2cccc(Cl)c2Cl)o1. The summed E-state index contributed by atoms with van der Waals surface area (Å²) in [5.41, 5.74) is 0.411. The highest BCUT2D eigenvalue weighted by molar-refractivity contribution is 6.43. The lowest BCUT2D eigenvalue weighted by atomic mass is 10.1. The molecule has 1 heterocycles. The maximum atomic E-state index is 12.3. The minimum atomic E-state index is -1.31. The second-order valence-electron chi connectivity index (χ2n) is 5.26. The topological polar surface area (TPSA) is 99.8 Å². The summed E-state index contributed by atoms with van der Waals surface area (Å²) in [7, 11) is 0. The molecule has 132 valence electrons. The van der Waals surface area contributed by atoms with E-state index in [0.29, 0.717) is 21.4 Å². The Hall–Kier alpha value is -2.96. The Bertz CT molecular complexity index is 1010. The summed E-state index contributed by atoms with van der Waals surface area (Å²) in [5.74, 6) is -1.93. The highest BCUT2D eigenvalue weighted by Gasteiger charge is 2.17. The predicted molar refractivity (Wildman–Crippen MR) is 97.2 cm³/mol. The third-order valence-electron chi connectivity index (χ3n) is 3.53. The second-order valence-corrected chi connectivity index (χ2v) is 6.04. The third kappa shape index (κ3) is 3.51. The Balaban J connectivity index is 1.84. The lowest BCUT2D eigenvalue weighted by Crippen LogP contribution is -2.11. The number of amides is 1. The van der Waals surface area contributed by atoms with Crippen molar-refractivity contribution in [3.63, 3.8) is 0 Å². The molecular weight excluding hydrogens is 381 g/mol. The van der Waals surface area contributed by atoms with E-state index < -0.39 is 17.6 Å². The summed E-state index contributed by atoms with van der Waals surface area (Å²) in [6.07, 6.45) is 0. The lowest BCUT2D eigenvalue weighted by Gasteiger charge is -2.06. The van der Waals surface area contributed by atoms with E-state index in [1.807, 2.05) is 0 Å². The number of hydrogen-bond acceptors (Lipinski definition) is 4. The molecule has 0 bridgehead atoms. The Morgan fingerprint density at radius 1 is 1.04 bits per heavy atom. The fourth-order valence-electron chi connectivity index (χ4n) is 2.28. The number of nitrogens with one attached hydrogen (secondary N) is 1. The Morgan fingerprint density at radius 2 is 1.81 bits per heavy atom. The van der Waals surface area contributed by atoms with E-state index in [-0.39, 0.29) is 17.0 Å². The predicted octanol–water partition coefficient (Wildman–Crippen LogP) is 4.91. The van der Waals surface area contributed by atoms with E-state index in [1.165, 1.54) is 18.2 Å². The summed E-state index contributed by atoms with van der Waals surface area (Å²) in [6.45, 7) is 0. The van der Waals surface area contributed by atoms with Crippen molar-refractivity contribution in [3.8, 4) is 17.1 Å². The van der Waals surface area contributed by atoms with Gasteiger partial charge in [0.15, 0.2) is 5.76 Å². The molecule has 6 nitrogen and oxygen atoms in total. The van der Waals surface area contributed by atoms with E-state index in [2.05, 4.69) is 5.32 Å². The minimum absolute atomic E-state index is 0.000919. The van der Waals surface area contributed by atoms with Crippen LogP contribution in [0, 0.1) is 0 Å². The number of hydrogen-bond donors (Lipinski definition) is 3. The number of phenols is 1. The van der Waals surface area contributed by atoms with Gasteiger partial charge in [0.05, 0.1) is 10.0 Å². The zero-order valence-corrected chi connectivity index (χ0v) is 14.5. The second kappa shape index (κ2) is 7.11. The average Bonchev–Trinajstić information content (AvgIpc) is 3.08. The van der Waals surface area contributed by atoms with E-state index in [1.54, 1.807) is 24.3 Å². The van der Waals surface area contributed by atoms with Crippen LogP contribution in [0.1, 0.15) is 20.9 Å². The molecule has 0 saturated heterocycles. The highest BCUT2D eigenvalue weighted by Crippen LogP contribution is 2.34. The van der Waals surface area contributed by atoms with Crippen molar-refractivity contribution in [2.24, 2.45) is 0 Å². The molecule has 3 rings (SSSR count). The fourth-order valence-corrected chi connectivity index (χ4v) is 2.67. The number of carbonyl (C=O) groups is 2. The van der Waals surface area contributed by atoms with Crippen molar-refractivity contribution < 1.29 is 24.2 Å². The van der Waals surface area contributed by atoms with Gasteiger partial charge in [-0.2, -0.15) is 0 Å². The Morgan fingerprint density at radius 3 is 2.54 bits per heavy atom. The average molecular weight is 392 g/mol. The van der Waals surface area contributed by atoms with E-state index in [0.717, 1.165) is 6.07 Å². The summed E-state index contributed by atoms with van der Waals surface area (Å²) in [6, 6.07) is 11.8. The largest absolute Gasteiger partial charge is 0.507 e. The van der Waals surface area contributed by atoms with Crippen LogP contribution in [0.25, 0.3) is 11.3 Å². The van der Waals surface area contributed by atoms with Gasteiger partial charge in [-0.15, -0.1) is 0 Å². The van der Waals surface area contributed by atoms with Gasteiger partial charge in [-0.1, -0.05) is 29.3 Å². The molecule has 0 aliphatic rings. The number of benzene rings is 2. The summed E-state index contributed by atoms with van der Waals surface area (Å²) >= 11 is 12.1. The van der Waals surface area contributed by atoms with Crippen LogP contribution in [-0.4, -0.2) is 22.1 Å². The number of aromatic hydroxyl groups is 1. The number of anilines is 1. The van der Waals surface area contributed by atoms with Crippen molar-refractivity contribution in [3.05, 3.63) is 69.9 Å². The molecule has 0 aliphatic heterocycles. The van der Waals surface area contributed by atoms with Crippen LogP contribution < -0.4 is 5.32 Å². The number of rotatable bonds is 4. The van der Waals surface area contributed by atoms with Crippen molar-refractivity contribution >= 4 is 40.8 Å². The molecule has 2 aromatic carbocycles. The summed E-state index contributed by atoms with van der Waals surface area (Å²) in [5, 5.41) is 21.7. The molecule has 26 heavy (non-hydrogen) atoms. The van der Waals surface area contributed by atoms with Gasteiger partial charge in [0.25, 0.3) is 5.91 Å². The van der Waals surface area contributed by atoms with Crippen LogP contribution in [-0.2, 0) is 0 Å². The van der Waals surface area contributed by atoms with Crippen molar-refractivity contribution in [1.82, 2.24) is 0 Å².